The van der Waals surface area contributed by atoms with E-state index < -0.39 is 18.3 Å². The van der Waals surface area contributed by atoms with Crippen molar-refractivity contribution in [2.24, 2.45) is 0 Å². The smallest absolute Gasteiger partial charge is 0.457 e. The number of hydrogen-bond acceptors (Lipinski definition) is 5. The monoisotopic (exact) mass is 379 g/mol. The quantitative estimate of drug-likeness (QED) is 0.578. The van der Waals surface area contributed by atoms with Gasteiger partial charge in [0.1, 0.15) is 17.8 Å². The van der Waals surface area contributed by atoms with Crippen LogP contribution in [0, 0.1) is 11.3 Å². The minimum atomic E-state index is -0.607. The van der Waals surface area contributed by atoms with Crippen LogP contribution in [-0.2, 0) is 9.31 Å². The van der Waals surface area contributed by atoms with Gasteiger partial charge in [0.25, 0.3) is 0 Å². The Labute approximate surface area is 167 Å². The number of carbonyl (C=O) groups is 1. The van der Waals surface area contributed by atoms with Gasteiger partial charge in [0.2, 0.25) is 0 Å². The van der Waals surface area contributed by atoms with E-state index in [2.05, 4.69) is 6.07 Å². The molecule has 0 unspecified atom stereocenters. The maximum Gasteiger partial charge on any atom is 0.495 e. The molecule has 1 fully saturated rings. The molecule has 2 aromatic rings. The van der Waals surface area contributed by atoms with Crippen LogP contribution in [0.3, 0.4) is 0 Å². The molecule has 0 spiro atoms. The molecule has 1 saturated heterocycles. The van der Waals surface area contributed by atoms with Gasteiger partial charge in [0.15, 0.2) is 0 Å². The van der Waals surface area contributed by atoms with Crippen molar-refractivity contribution in [2.75, 3.05) is 0 Å². The fourth-order valence-electron chi connectivity index (χ4n) is 2.64. The van der Waals surface area contributed by atoms with E-state index in [0.717, 1.165) is 6.29 Å². The van der Waals surface area contributed by atoms with E-state index >= 15 is 0 Å². The lowest BCUT2D eigenvalue weighted by molar-refractivity contribution is 0.00578. The zero-order valence-corrected chi connectivity index (χ0v) is 17.3. The first kappa shape index (κ1) is 21.7. The molecule has 3 rings (SSSR count). The second-order valence-electron chi connectivity index (χ2n) is 7.24. The number of carbonyl (C=O) groups excluding carboxylic acids is 1. The first-order valence-corrected chi connectivity index (χ1v) is 9.38. The third kappa shape index (κ3) is 4.44. The van der Waals surface area contributed by atoms with Gasteiger partial charge < -0.3 is 14.0 Å². The van der Waals surface area contributed by atoms with E-state index in [0.29, 0.717) is 28.1 Å². The van der Waals surface area contributed by atoms with Crippen molar-refractivity contribution in [3.8, 4) is 17.6 Å². The summed E-state index contributed by atoms with van der Waals surface area (Å²) in [4.78, 5) is 11.6. The highest BCUT2D eigenvalue weighted by Gasteiger charge is 2.52. The van der Waals surface area contributed by atoms with Crippen LogP contribution in [0.4, 0.5) is 0 Å². The van der Waals surface area contributed by atoms with Gasteiger partial charge in [-0.15, -0.1) is 0 Å². The van der Waals surface area contributed by atoms with Crippen LogP contribution in [0.15, 0.2) is 42.5 Å². The molecule has 0 radical (unpaired) electrons. The fraction of sp³-hybridized carbons (Fsp3) is 0.364. The van der Waals surface area contributed by atoms with E-state index in [1.807, 2.05) is 41.5 Å². The summed E-state index contributed by atoms with van der Waals surface area (Å²) in [5.41, 5.74) is 0.729. The highest BCUT2D eigenvalue weighted by molar-refractivity contribution is 6.63. The van der Waals surface area contributed by atoms with E-state index in [4.69, 9.17) is 19.3 Å². The molecular formula is C22H26BNO4. The van der Waals surface area contributed by atoms with Crippen molar-refractivity contribution in [3.05, 3.63) is 53.6 Å². The number of aldehydes is 1. The van der Waals surface area contributed by atoms with Gasteiger partial charge >= 0.3 is 7.12 Å². The largest absolute Gasteiger partial charge is 0.495 e. The van der Waals surface area contributed by atoms with Crippen LogP contribution in [0.25, 0.3) is 0 Å². The summed E-state index contributed by atoms with van der Waals surface area (Å²) >= 11 is 0. The van der Waals surface area contributed by atoms with Gasteiger partial charge in [-0.25, -0.2) is 0 Å². The Morgan fingerprint density at radius 3 is 2.00 bits per heavy atom. The summed E-state index contributed by atoms with van der Waals surface area (Å²) in [6.45, 7) is 11.9. The van der Waals surface area contributed by atoms with Crippen molar-refractivity contribution >= 4 is 18.9 Å². The zero-order chi connectivity index (χ0) is 20.9. The Bertz CT molecular complexity index is 853. The van der Waals surface area contributed by atoms with Gasteiger partial charge in [-0.3, -0.25) is 4.79 Å². The second-order valence-corrected chi connectivity index (χ2v) is 7.24. The first-order chi connectivity index (χ1) is 13.3. The number of nitriles is 1. The second kappa shape index (κ2) is 8.60. The average molecular weight is 379 g/mol. The molecule has 1 aliphatic rings. The van der Waals surface area contributed by atoms with Crippen LogP contribution in [0.1, 0.15) is 57.5 Å². The third-order valence-corrected chi connectivity index (χ3v) is 4.91. The van der Waals surface area contributed by atoms with Crippen LogP contribution >= 0.6 is 0 Å². The number of nitrogens with zero attached hydrogens (tertiary/aromatic N) is 1. The Hall–Kier alpha value is -2.62. The summed E-state index contributed by atoms with van der Waals surface area (Å²) < 4.78 is 17.8. The normalized spacial score (nSPS) is 16.5. The minimum absolute atomic E-state index is 0.453. The summed E-state index contributed by atoms with van der Waals surface area (Å²) in [6.07, 6.45) is 0.770. The van der Waals surface area contributed by atoms with Crippen LogP contribution in [0.5, 0.6) is 11.5 Å². The lowest BCUT2D eigenvalue weighted by Gasteiger charge is -2.32. The molecule has 0 amide bonds. The molecule has 0 saturated carbocycles. The molecule has 0 bridgehead atoms. The van der Waals surface area contributed by atoms with Gasteiger partial charge in [0, 0.05) is 5.56 Å². The van der Waals surface area contributed by atoms with Gasteiger partial charge in [-0.05, 0) is 69.6 Å². The lowest BCUT2D eigenvalue weighted by atomic mass is 9.76. The molecule has 28 heavy (non-hydrogen) atoms. The number of benzene rings is 2. The van der Waals surface area contributed by atoms with Crippen molar-refractivity contribution in [1.29, 1.82) is 5.26 Å². The maximum absolute atomic E-state index is 11.6. The molecule has 0 aliphatic carbocycles. The Morgan fingerprint density at radius 2 is 1.50 bits per heavy atom. The molecule has 1 heterocycles. The Morgan fingerprint density at radius 1 is 0.964 bits per heavy atom. The van der Waals surface area contributed by atoms with E-state index in [1.54, 1.807) is 42.5 Å². The number of ether oxygens (including phenoxy) is 1. The molecule has 146 valence electrons. The molecule has 1 aliphatic heterocycles. The summed E-state index contributed by atoms with van der Waals surface area (Å²) in [5, 5.41) is 8.84. The highest BCUT2D eigenvalue weighted by atomic mass is 16.7. The minimum Gasteiger partial charge on any atom is -0.457 e. The highest BCUT2D eigenvalue weighted by Crippen LogP contribution is 2.37. The average Bonchev–Trinajstić information content (AvgIpc) is 2.91. The molecule has 0 N–H and O–H groups in total. The first-order valence-electron chi connectivity index (χ1n) is 9.38. The van der Waals surface area contributed by atoms with Gasteiger partial charge in [-0.2, -0.15) is 5.26 Å². The van der Waals surface area contributed by atoms with Crippen LogP contribution < -0.4 is 10.2 Å². The SMILES string of the molecule is CC.CC1(C)OB(c2ccc(Oc3ccc(C#N)cc3)cc2C=O)OC1(C)C. The number of rotatable bonds is 4. The molecule has 2 aromatic carbocycles. The van der Waals surface area contributed by atoms with Crippen molar-refractivity contribution in [3.63, 3.8) is 0 Å². The molecule has 5 nitrogen and oxygen atoms in total. The molecule has 0 atom stereocenters. The third-order valence-electron chi connectivity index (χ3n) is 4.91. The topological polar surface area (TPSA) is 68.5 Å². The predicted molar refractivity (Wildman–Crippen MR) is 110 cm³/mol. The van der Waals surface area contributed by atoms with Gasteiger partial charge in [-0.1, -0.05) is 19.9 Å². The summed E-state index contributed by atoms with van der Waals surface area (Å²) in [5.74, 6) is 1.11. The molecular weight excluding hydrogens is 353 g/mol. The van der Waals surface area contributed by atoms with E-state index in [-0.39, 0.29) is 0 Å². The van der Waals surface area contributed by atoms with E-state index in [1.165, 1.54) is 0 Å². The number of hydrogen-bond donors (Lipinski definition) is 0. The molecule has 6 heteroatoms. The predicted octanol–water partition coefficient (Wildman–Crippen LogP) is 4.49. The van der Waals surface area contributed by atoms with E-state index in [9.17, 15) is 4.79 Å². The summed E-state index contributed by atoms with van der Waals surface area (Å²) in [7, 11) is -0.607. The van der Waals surface area contributed by atoms with Crippen molar-refractivity contribution in [1.82, 2.24) is 0 Å². The standard InChI is InChI=1S/C20H20BNO4.C2H6/c1-19(2)20(3,4)26-21(25-19)18-10-9-17(11-15(18)13-23)24-16-7-5-14(12-22)6-8-16;1-2/h5-11,13H,1-4H3;1-2H3. The van der Waals surface area contributed by atoms with Crippen LogP contribution in [-0.4, -0.2) is 24.6 Å². The Balaban J connectivity index is 0.00000136. The maximum atomic E-state index is 11.6. The van der Waals surface area contributed by atoms with Gasteiger partial charge in [0.05, 0.1) is 22.8 Å². The zero-order valence-electron chi connectivity index (χ0n) is 17.3. The molecule has 0 aromatic heterocycles. The Kier molecular flexibility index (Phi) is 6.66. The van der Waals surface area contributed by atoms with Crippen molar-refractivity contribution in [2.45, 2.75) is 52.7 Å². The van der Waals surface area contributed by atoms with Crippen molar-refractivity contribution < 1.29 is 18.8 Å². The fourth-order valence-corrected chi connectivity index (χ4v) is 2.64. The van der Waals surface area contributed by atoms with Crippen LogP contribution in [0.2, 0.25) is 0 Å². The lowest BCUT2D eigenvalue weighted by Crippen LogP contribution is -2.41. The summed E-state index contributed by atoms with van der Waals surface area (Å²) in [6, 6.07) is 14.0.